The van der Waals surface area contributed by atoms with Gasteiger partial charge in [-0.15, -0.1) is 0 Å². The molecule has 0 aliphatic carbocycles. The molecule has 0 saturated carbocycles. The van der Waals surface area contributed by atoms with E-state index in [1.54, 1.807) is 12.1 Å². The number of β-amino-alcohol motifs (C(OH)–C–C–N with tert-alkyl or cyclic N) is 2. The Morgan fingerprint density at radius 1 is 0.678 bits per heavy atom. The minimum absolute atomic E-state index is 0.000818. The van der Waals surface area contributed by atoms with Crippen molar-refractivity contribution in [1.82, 2.24) is 49.3 Å². The van der Waals surface area contributed by atoms with Gasteiger partial charge in [0, 0.05) is 36.3 Å². The molecule has 0 bridgehead atoms. The number of nitrogens with zero attached hydrogens (tertiary/aromatic N) is 9. The van der Waals surface area contributed by atoms with E-state index < -0.39 is 35.5 Å². The molecule has 2 fully saturated rings. The number of imidazole rings is 2. The second-order valence-corrected chi connectivity index (χ2v) is 15.9. The number of rotatable bonds is 8. The number of aliphatic hydroxyl groups excluding tert-OH is 2. The maximum absolute atomic E-state index is 14.8. The Labute approximate surface area is 339 Å². The van der Waals surface area contributed by atoms with Gasteiger partial charge in [0.05, 0.1) is 47.7 Å². The van der Waals surface area contributed by atoms with Crippen molar-refractivity contribution in [2.24, 2.45) is 0 Å². The van der Waals surface area contributed by atoms with Crippen LogP contribution in [0, 0.1) is 37.1 Å². The molecule has 4 aromatic heterocycles. The molecule has 2 saturated heterocycles. The van der Waals surface area contributed by atoms with Crippen molar-refractivity contribution in [3.63, 3.8) is 0 Å². The van der Waals surface area contributed by atoms with E-state index in [1.165, 1.54) is 12.1 Å². The fraction of sp³-hybridized carbons (Fsp3) is 0.463. The van der Waals surface area contributed by atoms with Crippen molar-refractivity contribution in [3.05, 3.63) is 71.6 Å². The van der Waals surface area contributed by atoms with Gasteiger partial charge in [-0.25, -0.2) is 47.5 Å². The Balaban J connectivity index is 0.000000179. The standard InChI is InChI=1S/C21H26F2N6O.C20H24F2N6O/c1-11(2)29-12(3)25-20-14(22)7-13(8-17(20)29)19-15(23)9-24-21(27-19)26-16-5-6-28(4)10-18(16)30;1-10(2)28-11(3)25-19-13(21)6-12(7-16(19)28)18-14(22)8-24-20(27-18)26-15-4-5-23-9-17(15)29/h7-9,11,16,18,30H,5-6,10H2,1-4H3,(H,24,26,27);6-8,10,15,17,23,29H,4-5,9H2,1-3H3,(H,24,26,27)/t16-,18-;15-,17-/m11/s1. The highest BCUT2D eigenvalue weighted by Gasteiger charge is 2.28. The number of aliphatic hydroxyl groups is 2. The molecule has 14 nitrogen and oxygen atoms in total. The van der Waals surface area contributed by atoms with Crippen LogP contribution in [0.15, 0.2) is 36.7 Å². The summed E-state index contributed by atoms with van der Waals surface area (Å²) in [5.74, 6) is -0.558. The van der Waals surface area contributed by atoms with Gasteiger partial charge < -0.3 is 40.2 Å². The lowest BCUT2D eigenvalue weighted by atomic mass is 10.0. The van der Waals surface area contributed by atoms with Crippen LogP contribution in [-0.4, -0.2) is 112 Å². The normalized spacial score (nSPS) is 20.1. The van der Waals surface area contributed by atoms with E-state index in [2.05, 4.69) is 45.9 Å². The Kier molecular flexibility index (Phi) is 12.1. The third kappa shape index (κ3) is 8.71. The summed E-state index contributed by atoms with van der Waals surface area (Å²) in [6.45, 7) is 14.1. The maximum Gasteiger partial charge on any atom is 0.223 e. The van der Waals surface area contributed by atoms with E-state index in [0.717, 1.165) is 25.5 Å². The van der Waals surface area contributed by atoms with Gasteiger partial charge in [-0.3, -0.25) is 0 Å². The maximum atomic E-state index is 14.8. The summed E-state index contributed by atoms with van der Waals surface area (Å²) in [5.41, 5.74) is 2.33. The number of piperidine rings is 2. The number of aromatic nitrogens is 8. The number of likely N-dealkylation sites (tertiary alicyclic amines) is 1. The van der Waals surface area contributed by atoms with Crippen LogP contribution in [-0.2, 0) is 0 Å². The third-order valence-corrected chi connectivity index (χ3v) is 10.8. The second-order valence-electron chi connectivity index (χ2n) is 15.9. The van der Waals surface area contributed by atoms with E-state index in [4.69, 9.17) is 0 Å². The summed E-state index contributed by atoms with van der Waals surface area (Å²) in [7, 11) is 1.94. The molecule has 8 rings (SSSR count). The molecule has 0 spiro atoms. The predicted octanol–water partition coefficient (Wildman–Crippen LogP) is 5.93. The van der Waals surface area contributed by atoms with E-state index in [0.29, 0.717) is 59.7 Å². The number of benzene rings is 2. The van der Waals surface area contributed by atoms with Gasteiger partial charge in [0.25, 0.3) is 0 Å². The molecule has 6 heterocycles. The highest BCUT2D eigenvalue weighted by molar-refractivity contribution is 5.84. The average molecular weight is 819 g/mol. The first-order valence-electron chi connectivity index (χ1n) is 19.8. The van der Waals surface area contributed by atoms with Crippen molar-refractivity contribution in [2.45, 2.75) is 90.8 Å². The number of fused-ring (bicyclic) bond motifs is 2. The first-order valence-corrected chi connectivity index (χ1v) is 19.8. The quantitative estimate of drug-likeness (QED) is 0.115. The van der Waals surface area contributed by atoms with Crippen molar-refractivity contribution >= 4 is 34.0 Å². The molecule has 6 aromatic rings. The summed E-state index contributed by atoms with van der Waals surface area (Å²) < 4.78 is 62.5. The SMILES string of the molecule is Cc1nc2c(F)cc(-c3nc(N[C@@H]4CCN(C)C[C@H]4O)ncc3F)cc2n1C(C)C.Cc1nc2c(F)cc(-c3nc(N[C@@H]4CCNC[C@H]4O)ncc3F)cc2n1C(C)C. The largest absolute Gasteiger partial charge is 0.390 e. The molecule has 2 aliphatic heterocycles. The minimum Gasteiger partial charge on any atom is -0.390 e. The van der Waals surface area contributed by atoms with E-state index in [-0.39, 0.29) is 58.5 Å². The van der Waals surface area contributed by atoms with Crippen LogP contribution < -0.4 is 16.0 Å². The van der Waals surface area contributed by atoms with Crippen molar-refractivity contribution in [1.29, 1.82) is 0 Å². The fourth-order valence-corrected chi connectivity index (χ4v) is 7.99. The van der Waals surface area contributed by atoms with Gasteiger partial charge >= 0.3 is 0 Å². The van der Waals surface area contributed by atoms with E-state index >= 15 is 0 Å². The topological polar surface area (TPSA) is 167 Å². The summed E-state index contributed by atoms with van der Waals surface area (Å²) in [5, 5.41) is 29.6. The highest BCUT2D eigenvalue weighted by atomic mass is 19.1. The van der Waals surface area contributed by atoms with Crippen LogP contribution in [0.1, 0.15) is 64.3 Å². The third-order valence-electron chi connectivity index (χ3n) is 10.8. The van der Waals surface area contributed by atoms with Gasteiger partial charge in [0.2, 0.25) is 11.9 Å². The molecule has 0 amide bonds. The number of aryl methyl sites for hydroxylation is 2. The zero-order valence-electron chi connectivity index (χ0n) is 34.1. The number of likely N-dealkylation sites (N-methyl/N-ethyl adjacent to an activating group) is 1. The van der Waals surface area contributed by atoms with Crippen LogP contribution in [0.4, 0.5) is 29.5 Å². The van der Waals surface area contributed by atoms with Crippen LogP contribution in [0.2, 0.25) is 0 Å². The Hall–Kier alpha value is -5.30. The average Bonchev–Trinajstić information content (AvgIpc) is 3.71. The molecule has 4 atom stereocenters. The lowest BCUT2D eigenvalue weighted by Gasteiger charge is -2.34. The molecule has 59 heavy (non-hydrogen) atoms. The zero-order valence-corrected chi connectivity index (χ0v) is 34.1. The van der Waals surface area contributed by atoms with Gasteiger partial charge in [-0.2, -0.15) is 0 Å². The van der Waals surface area contributed by atoms with Crippen LogP contribution in [0.5, 0.6) is 0 Å². The first kappa shape index (κ1) is 41.8. The molecule has 5 N–H and O–H groups in total. The minimum atomic E-state index is -0.646. The van der Waals surface area contributed by atoms with Gasteiger partial charge in [0.15, 0.2) is 23.3 Å². The molecule has 0 unspecified atom stereocenters. The van der Waals surface area contributed by atoms with E-state index in [9.17, 15) is 27.8 Å². The van der Waals surface area contributed by atoms with Crippen LogP contribution >= 0.6 is 0 Å². The number of hydrogen-bond acceptors (Lipinski definition) is 12. The monoisotopic (exact) mass is 818 g/mol. The second kappa shape index (κ2) is 17.1. The molecule has 314 valence electrons. The number of anilines is 2. The Morgan fingerprint density at radius 2 is 1.15 bits per heavy atom. The Bertz CT molecular complexity index is 2470. The number of nitrogens with one attached hydrogen (secondary N) is 3. The van der Waals surface area contributed by atoms with Crippen molar-refractivity contribution in [2.75, 3.05) is 43.9 Å². The highest BCUT2D eigenvalue weighted by Crippen LogP contribution is 2.32. The molecule has 0 radical (unpaired) electrons. The molecule has 2 aromatic carbocycles. The van der Waals surface area contributed by atoms with Crippen molar-refractivity contribution in [3.8, 4) is 22.5 Å². The molecule has 2 aliphatic rings. The van der Waals surface area contributed by atoms with Gasteiger partial charge in [-0.05, 0) is 98.8 Å². The summed E-state index contributed by atoms with van der Waals surface area (Å²) in [6.07, 6.45) is 2.34. The summed E-state index contributed by atoms with van der Waals surface area (Å²) in [6, 6.07) is 5.58. The van der Waals surface area contributed by atoms with Gasteiger partial charge in [0.1, 0.15) is 34.1 Å². The summed E-state index contributed by atoms with van der Waals surface area (Å²) >= 11 is 0. The van der Waals surface area contributed by atoms with Gasteiger partial charge in [-0.1, -0.05) is 0 Å². The number of halogens is 4. The van der Waals surface area contributed by atoms with Crippen molar-refractivity contribution < 1.29 is 27.8 Å². The Morgan fingerprint density at radius 3 is 1.59 bits per heavy atom. The molecular formula is C41H50F4N12O2. The lowest BCUT2D eigenvalue weighted by molar-refractivity contribution is 0.0726. The lowest BCUT2D eigenvalue weighted by Crippen LogP contribution is -2.48. The fourth-order valence-electron chi connectivity index (χ4n) is 7.99. The smallest absolute Gasteiger partial charge is 0.223 e. The van der Waals surface area contributed by atoms with Crippen LogP contribution in [0.25, 0.3) is 44.6 Å². The number of hydrogen-bond donors (Lipinski definition) is 5. The summed E-state index contributed by atoms with van der Waals surface area (Å²) in [4.78, 5) is 27.2. The molecular weight excluding hydrogens is 769 g/mol. The first-order chi connectivity index (χ1) is 28.1. The predicted molar refractivity (Wildman–Crippen MR) is 218 cm³/mol. The van der Waals surface area contributed by atoms with E-state index in [1.807, 2.05) is 62.6 Å². The van der Waals surface area contributed by atoms with Crippen LogP contribution in [0.3, 0.4) is 0 Å². The zero-order chi connectivity index (χ0) is 42.3. The molecule has 18 heteroatoms.